The summed E-state index contributed by atoms with van der Waals surface area (Å²) < 4.78 is 5.53. The van der Waals surface area contributed by atoms with Crippen molar-refractivity contribution >= 4 is 5.97 Å². The molecule has 104 valence electrons. The first-order valence-corrected chi connectivity index (χ1v) is 6.33. The lowest BCUT2D eigenvalue weighted by molar-refractivity contribution is 0.0691. The first-order chi connectivity index (χ1) is 9.54. The minimum absolute atomic E-state index is 0.0424. The number of carboxylic acids is 1. The number of aromatic carboxylic acids is 1. The fourth-order valence-electron chi connectivity index (χ4n) is 2.05. The van der Waals surface area contributed by atoms with Crippen molar-refractivity contribution in [2.24, 2.45) is 0 Å². The predicted molar refractivity (Wildman–Crippen MR) is 75.1 cm³/mol. The van der Waals surface area contributed by atoms with Gasteiger partial charge in [0.1, 0.15) is 11.4 Å². The third-order valence-electron chi connectivity index (χ3n) is 2.98. The number of ether oxygens (including phenoxy) is 1. The average molecular weight is 272 g/mol. The highest BCUT2D eigenvalue weighted by atomic mass is 16.5. The zero-order valence-corrected chi connectivity index (χ0v) is 11.7. The topological polar surface area (TPSA) is 72.3 Å². The van der Waals surface area contributed by atoms with Crippen LogP contribution in [0.1, 0.15) is 28.5 Å². The highest BCUT2D eigenvalue weighted by Gasteiger charge is 2.17. The molecule has 0 unspecified atom stereocenters. The fourth-order valence-corrected chi connectivity index (χ4v) is 2.05. The van der Waals surface area contributed by atoms with E-state index in [1.165, 1.54) is 12.4 Å². The van der Waals surface area contributed by atoms with E-state index >= 15 is 0 Å². The summed E-state index contributed by atoms with van der Waals surface area (Å²) in [5.41, 5.74) is 2.94. The quantitative estimate of drug-likeness (QED) is 0.926. The van der Waals surface area contributed by atoms with E-state index in [0.717, 1.165) is 22.4 Å². The van der Waals surface area contributed by atoms with E-state index in [1.807, 2.05) is 32.9 Å². The molecule has 0 saturated heterocycles. The Morgan fingerprint density at radius 2 is 1.90 bits per heavy atom. The number of hydrogen-bond acceptors (Lipinski definition) is 4. The van der Waals surface area contributed by atoms with Gasteiger partial charge in [-0.25, -0.2) is 9.78 Å². The number of aryl methyl sites for hydroxylation is 2. The molecule has 0 spiro atoms. The molecule has 5 heteroatoms. The molecule has 0 aliphatic heterocycles. The number of benzene rings is 1. The van der Waals surface area contributed by atoms with Crippen molar-refractivity contribution in [3.05, 3.63) is 41.3 Å². The molecule has 0 atom stereocenters. The smallest absolute Gasteiger partial charge is 0.356 e. The van der Waals surface area contributed by atoms with Gasteiger partial charge in [-0.15, -0.1) is 0 Å². The van der Waals surface area contributed by atoms with Crippen molar-refractivity contribution in [2.45, 2.75) is 20.8 Å². The Kier molecular flexibility index (Phi) is 3.98. The standard InChI is InChI=1S/C15H16N2O3/c1-4-20-12-8-9(2)11(7-10(12)3)13-14(15(18)19)17-6-5-16-13/h5-8H,4H2,1-3H3,(H,18,19). The Bertz CT molecular complexity index is 654. The molecule has 1 aromatic heterocycles. The summed E-state index contributed by atoms with van der Waals surface area (Å²) in [4.78, 5) is 19.3. The van der Waals surface area contributed by atoms with Crippen molar-refractivity contribution in [1.82, 2.24) is 9.97 Å². The van der Waals surface area contributed by atoms with E-state index in [1.54, 1.807) is 0 Å². The van der Waals surface area contributed by atoms with Crippen molar-refractivity contribution in [3.8, 4) is 17.0 Å². The maximum absolute atomic E-state index is 11.2. The van der Waals surface area contributed by atoms with Crippen LogP contribution in [-0.2, 0) is 0 Å². The molecule has 2 aromatic rings. The SMILES string of the molecule is CCOc1cc(C)c(-c2nccnc2C(=O)O)cc1C. The lowest BCUT2D eigenvalue weighted by atomic mass is 10.00. The number of carboxylic acid groups (broad SMARTS) is 1. The van der Waals surface area contributed by atoms with Gasteiger partial charge in [0.2, 0.25) is 0 Å². The van der Waals surface area contributed by atoms with Crippen LogP contribution in [0.5, 0.6) is 5.75 Å². The molecule has 1 heterocycles. The third-order valence-corrected chi connectivity index (χ3v) is 2.98. The molecule has 1 N–H and O–H groups in total. The van der Waals surface area contributed by atoms with Crippen molar-refractivity contribution in [2.75, 3.05) is 6.61 Å². The van der Waals surface area contributed by atoms with Gasteiger partial charge in [0.25, 0.3) is 0 Å². The van der Waals surface area contributed by atoms with E-state index in [-0.39, 0.29) is 5.69 Å². The van der Waals surface area contributed by atoms with Crippen molar-refractivity contribution in [3.63, 3.8) is 0 Å². The van der Waals surface area contributed by atoms with E-state index in [4.69, 9.17) is 4.74 Å². The Hall–Kier alpha value is -2.43. The predicted octanol–water partition coefficient (Wildman–Crippen LogP) is 2.86. The summed E-state index contributed by atoms with van der Waals surface area (Å²) in [6.45, 7) is 6.33. The molecule has 2 rings (SSSR count). The second kappa shape index (κ2) is 5.69. The Morgan fingerprint density at radius 3 is 2.55 bits per heavy atom. The summed E-state index contributed by atoms with van der Waals surface area (Å²) in [6, 6.07) is 3.78. The highest BCUT2D eigenvalue weighted by molar-refractivity contribution is 5.93. The summed E-state index contributed by atoms with van der Waals surface area (Å²) in [7, 11) is 0. The van der Waals surface area contributed by atoms with Gasteiger partial charge in [-0.1, -0.05) is 0 Å². The number of rotatable bonds is 4. The van der Waals surface area contributed by atoms with Gasteiger partial charge in [-0.2, -0.15) is 0 Å². The number of aromatic nitrogens is 2. The molecule has 0 aliphatic rings. The largest absolute Gasteiger partial charge is 0.494 e. The maximum Gasteiger partial charge on any atom is 0.356 e. The summed E-state index contributed by atoms with van der Waals surface area (Å²) in [6.07, 6.45) is 2.87. The van der Waals surface area contributed by atoms with Gasteiger partial charge < -0.3 is 9.84 Å². The van der Waals surface area contributed by atoms with Crippen LogP contribution in [-0.4, -0.2) is 27.7 Å². The molecule has 0 aliphatic carbocycles. The van der Waals surface area contributed by atoms with Crippen LogP contribution in [0.4, 0.5) is 0 Å². The van der Waals surface area contributed by atoms with E-state index in [9.17, 15) is 9.90 Å². The molecule has 0 fully saturated rings. The van der Waals surface area contributed by atoms with Gasteiger partial charge in [-0.05, 0) is 44.0 Å². The molecule has 1 aromatic carbocycles. The molecule has 0 radical (unpaired) electrons. The molecule has 20 heavy (non-hydrogen) atoms. The van der Waals surface area contributed by atoms with Gasteiger partial charge in [0, 0.05) is 18.0 Å². The average Bonchev–Trinajstić information content (AvgIpc) is 2.42. The molecule has 0 bridgehead atoms. The van der Waals surface area contributed by atoms with Gasteiger partial charge in [0.15, 0.2) is 5.69 Å². The van der Waals surface area contributed by atoms with Crippen LogP contribution in [0.25, 0.3) is 11.3 Å². The monoisotopic (exact) mass is 272 g/mol. The number of nitrogens with zero attached hydrogens (tertiary/aromatic N) is 2. The lowest BCUT2D eigenvalue weighted by Gasteiger charge is -2.13. The van der Waals surface area contributed by atoms with E-state index in [2.05, 4.69) is 9.97 Å². The normalized spacial score (nSPS) is 10.3. The minimum Gasteiger partial charge on any atom is -0.494 e. The van der Waals surface area contributed by atoms with Crippen LogP contribution in [0.15, 0.2) is 24.5 Å². The summed E-state index contributed by atoms with van der Waals surface area (Å²) >= 11 is 0. The third kappa shape index (κ3) is 2.61. The van der Waals surface area contributed by atoms with Crippen molar-refractivity contribution in [1.29, 1.82) is 0 Å². The first kappa shape index (κ1) is 14.0. The zero-order valence-electron chi connectivity index (χ0n) is 11.7. The van der Waals surface area contributed by atoms with E-state index < -0.39 is 5.97 Å². The molecule has 0 amide bonds. The zero-order chi connectivity index (χ0) is 14.7. The maximum atomic E-state index is 11.2. The van der Waals surface area contributed by atoms with Gasteiger partial charge in [0.05, 0.1) is 6.61 Å². The van der Waals surface area contributed by atoms with Crippen molar-refractivity contribution < 1.29 is 14.6 Å². The molecular formula is C15H16N2O3. The van der Waals surface area contributed by atoms with Gasteiger partial charge in [-0.3, -0.25) is 4.98 Å². The van der Waals surface area contributed by atoms with Crippen LogP contribution in [0.2, 0.25) is 0 Å². The number of carbonyl (C=O) groups is 1. The van der Waals surface area contributed by atoms with Crippen LogP contribution in [0, 0.1) is 13.8 Å². The van der Waals surface area contributed by atoms with Crippen LogP contribution in [0.3, 0.4) is 0 Å². The number of hydrogen-bond donors (Lipinski definition) is 1. The first-order valence-electron chi connectivity index (χ1n) is 6.33. The summed E-state index contributed by atoms with van der Waals surface area (Å²) in [5, 5.41) is 9.20. The van der Waals surface area contributed by atoms with E-state index in [0.29, 0.717) is 12.3 Å². The van der Waals surface area contributed by atoms with Crippen LogP contribution < -0.4 is 4.74 Å². The van der Waals surface area contributed by atoms with Crippen LogP contribution >= 0.6 is 0 Å². The fraction of sp³-hybridized carbons (Fsp3) is 0.267. The Balaban J connectivity index is 2.59. The minimum atomic E-state index is -1.08. The Morgan fingerprint density at radius 1 is 1.20 bits per heavy atom. The molecule has 5 nitrogen and oxygen atoms in total. The Labute approximate surface area is 117 Å². The second-order valence-electron chi connectivity index (χ2n) is 4.42. The highest BCUT2D eigenvalue weighted by Crippen LogP contribution is 2.30. The van der Waals surface area contributed by atoms with Gasteiger partial charge >= 0.3 is 5.97 Å². The molecular weight excluding hydrogens is 256 g/mol. The molecule has 0 saturated carbocycles. The lowest BCUT2D eigenvalue weighted by Crippen LogP contribution is -2.05. The second-order valence-corrected chi connectivity index (χ2v) is 4.42. The summed E-state index contributed by atoms with van der Waals surface area (Å²) in [5.74, 6) is -0.284.